The van der Waals surface area contributed by atoms with E-state index in [0.717, 1.165) is 11.3 Å². The van der Waals surface area contributed by atoms with Crippen LogP contribution in [0, 0.1) is 5.82 Å². The van der Waals surface area contributed by atoms with Crippen molar-refractivity contribution < 1.29 is 9.18 Å². The molecule has 0 aliphatic heterocycles. The lowest BCUT2D eigenvalue weighted by molar-refractivity contribution is -0.111. The van der Waals surface area contributed by atoms with E-state index in [4.69, 9.17) is 0 Å². The van der Waals surface area contributed by atoms with Gasteiger partial charge in [-0.15, -0.1) is 0 Å². The molecule has 120 valence electrons. The standard InChI is InChI=1S/C18H15FN4O/c19-15-7-4-14(5-8-15)6-9-18(24)21-17-10-12-23(22-17)13-16-3-1-2-11-20-16/h1-12H,13H2,(H,21,22,24)/b9-6-. The molecule has 2 aromatic heterocycles. The van der Waals surface area contributed by atoms with Crippen molar-refractivity contribution in [2.24, 2.45) is 0 Å². The van der Waals surface area contributed by atoms with Crippen LogP contribution < -0.4 is 5.32 Å². The Balaban J connectivity index is 1.58. The molecule has 1 N–H and O–H groups in total. The van der Waals surface area contributed by atoms with Gasteiger partial charge in [0.05, 0.1) is 12.2 Å². The molecule has 0 fully saturated rings. The number of anilines is 1. The van der Waals surface area contributed by atoms with E-state index in [2.05, 4.69) is 15.4 Å². The number of halogens is 1. The molecule has 6 heteroatoms. The van der Waals surface area contributed by atoms with E-state index >= 15 is 0 Å². The van der Waals surface area contributed by atoms with Crippen molar-refractivity contribution in [1.29, 1.82) is 0 Å². The van der Waals surface area contributed by atoms with Gasteiger partial charge in [-0.1, -0.05) is 18.2 Å². The van der Waals surface area contributed by atoms with Crippen molar-refractivity contribution in [2.75, 3.05) is 5.32 Å². The van der Waals surface area contributed by atoms with Gasteiger partial charge in [-0.2, -0.15) is 5.10 Å². The first-order valence-corrected chi connectivity index (χ1v) is 7.37. The van der Waals surface area contributed by atoms with Crippen LogP contribution in [0.15, 0.2) is 67.0 Å². The number of nitrogens with zero attached hydrogens (tertiary/aromatic N) is 3. The largest absolute Gasteiger partial charge is 0.306 e. The summed E-state index contributed by atoms with van der Waals surface area (Å²) in [5, 5.41) is 6.95. The lowest BCUT2D eigenvalue weighted by Crippen LogP contribution is -2.09. The van der Waals surface area contributed by atoms with Crippen LogP contribution in [0.1, 0.15) is 11.3 Å². The highest BCUT2D eigenvalue weighted by Gasteiger charge is 2.03. The molecule has 0 aliphatic carbocycles. The van der Waals surface area contributed by atoms with Crippen molar-refractivity contribution >= 4 is 17.8 Å². The van der Waals surface area contributed by atoms with E-state index in [-0.39, 0.29) is 11.7 Å². The van der Waals surface area contributed by atoms with E-state index in [9.17, 15) is 9.18 Å². The SMILES string of the molecule is O=C(/C=C\c1ccc(F)cc1)Nc1ccn(Cc2ccccn2)n1. The highest BCUT2D eigenvalue weighted by Crippen LogP contribution is 2.07. The highest BCUT2D eigenvalue weighted by atomic mass is 19.1. The Morgan fingerprint density at radius 1 is 1.17 bits per heavy atom. The van der Waals surface area contributed by atoms with Crippen molar-refractivity contribution in [3.8, 4) is 0 Å². The summed E-state index contributed by atoms with van der Waals surface area (Å²) in [5.41, 5.74) is 1.63. The number of amides is 1. The molecule has 0 saturated heterocycles. The average molecular weight is 322 g/mol. The molecule has 0 bridgehead atoms. The Labute approximate surface area is 138 Å². The fraction of sp³-hybridized carbons (Fsp3) is 0.0556. The van der Waals surface area contributed by atoms with E-state index in [0.29, 0.717) is 12.4 Å². The molecule has 0 saturated carbocycles. The minimum absolute atomic E-state index is 0.303. The van der Waals surface area contributed by atoms with Crippen LogP contribution in [0.25, 0.3) is 6.08 Å². The predicted octanol–water partition coefficient (Wildman–Crippen LogP) is 3.12. The number of rotatable bonds is 5. The quantitative estimate of drug-likeness (QED) is 0.734. The predicted molar refractivity (Wildman–Crippen MR) is 89.6 cm³/mol. The van der Waals surface area contributed by atoms with Gasteiger partial charge in [0, 0.05) is 24.5 Å². The maximum absolute atomic E-state index is 12.8. The molecule has 0 atom stereocenters. The Hall–Kier alpha value is -3.28. The Bertz CT molecular complexity index is 841. The van der Waals surface area contributed by atoms with Gasteiger partial charge in [-0.05, 0) is 35.9 Å². The number of benzene rings is 1. The first kappa shape index (κ1) is 15.6. The lowest BCUT2D eigenvalue weighted by Gasteiger charge is -2.00. The minimum Gasteiger partial charge on any atom is -0.306 e. The number of hydrogen-bond donors (Lipinski definition) is 1. The van der Waals surface area contributed by atoms with Crippen LogP contribution in [0.2, 0.25) is 0 Å². The van der Waals surface area contributed by atoms with E-state index in [1.165, 1.54) is 18.2 Å². The Kier molecular flexibility index (Phi) is 4.76. The smallest absolute Gasteiger partial charge is 0.249 e. The summed E-state index contributed by atoms with van der Waals surface area (Å²) >= 11 is 0. The van der Waals surface area contributed by atoms with Gasteiger partial charge in [-0.25, -0.2) is 4.39 Å². The lowest BCUT2D eigenvalue weighted by atomic mass is 10.2. The zero-order valence-corrected chi connectivity index (χ0v) is 12.8. The minimum atomic E-state index is -0.310. The zero-order valence-electron chi connectivity index (χ0n) is 12.8. The second-order valence-corrected chi connectivity index (χ2v) is 5.09. The molecule has 0 unspecified atom stereocenters. The first-order valence-electron chi connectivity index (χ1n) is 7.37. The van der Waals surface area contributed by atoms with Crippen LogP contribution in [0.5, 0.6) is 0 Å². The van der Waals surface area contributed by atoms with Crippen LogP contribution in [-0.2, 0) is 11.3 Å². The number of nitrogens with one attached hydrogen (secondary N) is 1. The van der Waals surface area contributed by atoms with Crippen molar-refractivity contribution in [2.45, 2.75) is 6.54 Å². The normalized spacial score (nSPS) is 10.9. The van der Waals surface area contributed by atoms with Gasteiger partial charge in [0.2, 0.25) is 5.91 Å². The summed E-state index contributed by atoms with van der Waals surface area (Å²) in [6.07, 6.45) is 6.49. The maximum Gasteiger partial charge on any atom is 0.249 e. The third kappa shape index (κ3) is 4.36. The Morgan fingerprint density at radius 2 is 2.00 bits per heavy atom. The van der Waals surface area contributed by atoms with Gasteiger partial charge >= 0.3 is 0 Å². The number of carbonyl (C=O) groups excluding carboxylic acids is 1. The van der Waals surface area contributed by atoms with Crippen molar-refractivity contribution in [3.05, 3.63) is 84.1 Å². The molecule has 3 rings (SSSR count). The molecule has 1 amide bonds. The number of carbonyl (C=O) groups is 1. The fourth-order valence-corrected chi connectivity index (χ4v) is 2.09. The number of pyridine rings is 1. The Morgan fingerprint density at radius 3 is 2.75 bits per heavy atom. The number of aromatic nitrogens is 3. The molecule has 1 aromatic carbocycles. The van der Waals surface area contributed by atoms with Gasteiger partial charge in [0.15, 0.2) is 5.82 Å². The van der Waals surface area contributed by atoms with Crippen LogP contribution >= 0.6 is 0 Å². The summed E-state index contributed by atoms with van der Waals surface area (Å²) in [7, 11) is 0. The molecule has 0 aliphatic rings. The molecule has 3 aromatic rings. The summed E-state index contributed by atoms with van der Waals surface area (Å²) in [6.45, 7) is 0.530. The van der Waals surface area contributed by atoms with Crippen LogP contribution in [0.4, 0.5) is 10.2 Å². The van der Waals surface area contributed by atoms with E-state index in [1.807, 2.05) is 18.2 Å². The third-order valence-electron chi connectivity index (χ3n) is 3.24. The monoisotopic (exact) mass is 322 g/mol. The molecule has 5 nitrogen and oxygen atoms in total. The molecule has 0 radical (unpaired) electrons. The van der Waals surface area contributed by atoms with Gasteiger partial charge in [-0.3, -0.25) is 14.5 Å². The number of hydrogen-bond acceptors (Lipinski definition) is 3. The summed E-state index contributed by atoms with van der Waals surface area (Å²) in [6, 6.07) is 13.3. The third-order valence-corrected chi connectivity index (χ3v) is 3.24. The molecule has 24 heavy (non-hydrogen) atoms. The zero-order chi connectivity index (χ0) is 16.8. The van der Waals surface area contributed by atoms with Crippen molar-refractivity contribution in [3.63, 3.8) is 0 Å². The highest BCUT2D eigenvalue weighted by molar-refractivity contribution is 6.01. The molecular formula is C18H15FN4O. The van der Waals surface area contributed by atoms with Crippen molar-refractivity contribution in [1.82, 2.24) is 14.8 Å². The topological polar surface area (TPSA) is 59.8 Å². The maximum atomic E-state index is 12.8. The van der Waals surface area contributed by atoms with E-state index in [1.54, 1.807) is 41.4 Å². The molecule has 0 spiro atoms. The van der Waals surface area contributed by atoms with Gasteiger partial charge in [0.1, 0.15) is 5.82 Å². The first-order chi connectivity index (χ1) is 11.7. The molecule has 2 heterocycles. The second kappa shape index (κ2) is 7.32. The van der Waals surface area contributed by atoms with Gasteiger partial charge in [0.25, 0.3) is 0 Å². The van der Waals surface area contributed by atoms with E-state index < -0.39 is 0 Å². The van der Waals surface area contributed by atoms with Crippen LogP contribution in [-0.4, -0.2) is 20.7 Å². The summed E-state index contributed by atoms with van der Waals surface area (Å²) in [4.78, 5) is 16.1. The van der Waals surface area contributed by atoms with Crippen LogP contribution in [0.3, 0.4) is 0 Å². The second-order valence-electron chi connectivity index (χ2n) is 5.09. The summed E-state index contributed by atoms with van der Waals surface area (Å²) in [5.74, 6) is -0.155. The molecular weight excluding hydrogens is 307 g/mol. The fourth-order valence-electron chi connectivity index (χ4n) is 2.09. The summed E-state index contributed by atoms with van der Waals surface area (Å²) < 4.78 is 14.5. The average Bonchev–Trinajstić information content (AvgIpc) is 3.02. The van der Waals surface area contributed by atoms with Gasteiger partial charge < -0.3 is 5.32 Å².